The zero-order valence-corrected chi connectivity index (χ0v) is 12.4. The number of rotatable bonds is 4. The summed E-state index contributed by atoms with van der Waals surface area (Å²) < 4.78 is 0. The average molecular weight is 290 g/mol. The Morgan fingerprint density at radius 2 is 1.32 bits per heavy atom. The van der Waals surface area contributed by atoms with Crippen LogP contribution in [0.5, 0.6) is 0 Å². The summed E-state index contributed by atoms with van der Waals surface area (Å²) in [6.45, 7) is 0. The Bertz CT molecular complexity index is 695. The molecule has 3 nitrogen and oxygen atoms in total. The number of hydrogen-bond donors (Lipinski definition) is 0. The van der Waals surface area contributed by atoms with Gasteiger partial charge in [-0.3, -0.25) is 4.79 Å². The minimum atomic E-state index is -0.0888. The smallest absolute Gasteiger partial charge is 0.213 e. The third-order valence-corrected chi connectivity index (χ3v) is 3.77. The molecule has 2 aromatic rings. The van der Waals surface area contributed by atoms with E-state index in [1.165, 1.54) is 12.8 Å². The van der Waals surface area contributed by atoms with Gasteiger partial charge in [-0.1, -0.05) is 60.7 Å². The molecular weight excluding hydrogens is 272 g/mol. The topological polar surface area (TPSA) is 41.8 Å². The second-order valence-corrected chi connectivity index (χ2v) is 5.38. The van der Waals surface area contributed by atoms with Gasteiger partial charge in [-0.2, -0.15) is 5.10 Å². The van der Waals surface area contributed by atoms with Gasteiger partial charge in [-0.25, -0.2) is 0 Å². The Balaban J connectivity index is 1.98. The number of Topliss-reactive ketones (excluding diaryl/α,β-unsaturated/α-hetero) is 1. The molecule has 0 heterocycles. The van der Waals surface area contributed by atoms with Gasteiger partial charge < -0.3 is 0 Å². The maximum absolute atomic E-state index is 12.8. The predicted molar refractivity (Wildman–Crippen MR) is 89.7 cm³/mol. The van der Waals surface area contributed by atoms with Crippen LogP contribution in [-0.2, 0) is 0 Å². The van der Waals surface area contributed by atoms with Crippen molar-refractivity contribution in [1.29, 1.82) is 0 Å². The molecular formula is C19H18N2O. The highest BCUT2D eigenvalue weighted by molar-refractivity contribution is 6.51. The molecule has 1 aliphatic rings. The Labute approximate surface area is 130 Å². The third-order valence-electron chi connectivity index (χ3n) is 3.77. The van der Waals surface area contributed by atoms with E-state index in [2.05, 4.69) is 10.2 Å². The van der Waals surface area contributed by atoms with Gasteiger partial charge in [-0.05, 0) is 25.7 Å². The van der Waals surface area contributed by atoms with Gasteiger partial charge in [0.15, 0.2) is 0 Å². The summed E-state index contributed by atoms with van der Waals surface area (Å²) in [5, 5.41) is 8.64. The van der Waals surface area contributed by atoms with E-state index in [1.807, 2.05) is 60.7 Å². The molecule has 0 aromatic heterocycles. The number of hydrogen-bond acceptors (Lipinski definition) is 3. The molecule has 0 atom stereocenters. The van der Waals surface area contributed by atoms with E-state index in [4.69, 9.17) is 0 Å². The van der Waals surface area contributed by atoms with Crippen molar-refractivity contribution in [1.82, 2.24) is 0 Å². The van der Waals surface area contributed by atoms with Crippen LogP contribution >= 0.6 is 0 Å². The van der Waals surface area contributed by atoms with Crippen molar-refractivity contribution in [3.05, 3.63) is 71.8 Å². The van der Waals surface area contributed by atoms with Crippen molar-refractivity contribution in [3.8, 4) is 0 Å². The van der Waals surface area contributed by atoms with Crippen molar-refractivity contribution in [2.45, 2.75) is 25.7 Å². The first-order chi connectivity index (χ1) is 10.8. The highest BCUT2D eigenvalue weighted by Crippen LogP contribution is 2.16. The van der Waals surface area contributed by atoms with Crippen molar-refractivity contribution in [2.24, 2.45) is 10.2 Å². The van der Waals surface area contributed by atoms with Crippen LogP contribution < -0.4 is 0 Å². The van der Waals surface area contributed by atoms with Crippen molar-refractivity contribution in [2.75, 3.05) is 0 Å². The minimum Gasteiger partial charge on any atom is -0.287 e. The van der Waals surface area contributed by atoms with E-state index in [0.717, 1.165) is 24.1 Å². The summed E-state index contributed by atoms with van der Waals surface area (Å²) in [6, 6.07) is 18.8. The number of ketones is 1. The van der Waals surface area contributed by atoms with Crippen LogP contribution in [0.4, 0.5) is 0 Å². The molecule has 0 amide bonds. The Morgan fingerprint density at radius 1 is 0.773 bits per heavy atom. The summed E-state index contributed by atoms with van der Waals surface area (Å²) in [6.07, 6.45) is 4.32. The SMILES string of the molecule is O=C(C(=NN=C1CCCC1)c1ccccc1)c1ccccc1. The quantitative estimate of drug-likeness (QED) is 0.470. The first-order valence-electron chi connectivity index (χ1n) is 7.63. The molecule has 0 unspecified atom stereocenters. The number of carbonyl (C=O) groups excluding carboxylic acids is 1. The van der Waals surface area contributed by atoms with Crippen LogP contribution in [0, 0.1) is 0 Å². The van der Waals surface area contributed by atoms with Crippen LogP contribution in [0.2, 0.25) is 0 Å². The van der Waals surface area contributed by atoms with E-state index in [1.54, 1.807) is 0 Å². The summed E-state index contributed by atoms with van der Waals surface area (Å²) in [4.78, 5) is 12.8. The molecule has 0 N–H and O–H groups in total. The highest BCUT2D eigenvalue weighted by atomic mass is 16.1. The predicted octanol–water partition coefficient (Wildman–Crippen LogP) is 4.29. The number of benzene rings is 2. The van der Waals surface area contributed by atoms with Crippen LogP contribution in [0.25, 0.3) is 0 Å². The Morgan fingerprint density at radius 3 is 1.91 bits per heavy atom. The zero-order valence-electron chi connectivity index (χ0n) is 12.4. The molecule has 0 radical (unpaired) electrons. The first kappa shape index (κ1) is 14.4. The molecule has 0 aliphatic heterocycles. The van der Waals surface area contributed by atoms with E-state index in [9.17, 15) is 4.79 Å². The van der Waals surface area contributed by atoms with Gasteiger partial charge in [0.25, 0.3) is 0 Å². The van der Waals surface area contributed by atoms with E-state index < -0.39 is 0 Å². The normalized spacial score (nSPS) is 14.9. The molecule has 1 aliphatic carbocycles. The van der Waals surface area contributed by atoms with Gasteiger partial charge in [0.1, 0.15) is 5.71 Å². The van der Waals surface area contributed by atoms with E-state index in [-0.39, 0.29) is 5.78 Å². The van der Waals surface area contributed by atoms with E-state index in [0.29, 0.717) is 11.3 Å². The molecule has 3 rings (SSSR count). The number of nitrogens with zero attached hydrogens (tertiary/aromatic N) is 2. The fourth-order valence-corrected chi connectivity index (χ4v) is 2.56. The summed E-state index contributed by atoms with van der Waals surface area (Å²) in [7, 11) is 0. The van der Waals surface area contributed by atoms with Crippen molar-refractivity contribution >= 4 is 17.2 Å². The fraction of sp³-hybridized carbons (Fsp3) is 0.211. The van der Waals surface area contributed by atoms with Crippen LogP contribution in [-0.4, -0.2) is 17.2 Å². The molecule has 110 valence electrons. The molecule has 0 spiro atoms. The summed E-state index contributed by atoms with van der Waals surface area (Å²) in [5.41, 5.74) is 2.94. The second-order valence-electron chi connectivity index (χ2n) is 5.38. The van der Waals surface area contributed by atoms with Crippen molar-refractivity contribution in [3.63, 3.8) is 0 Å². The third kappa shape index (κ3) is 3.37. The van der Waals surface area contributed by atoms with Crippen molar-refractivity contribution < 1.29 is 4.79 Å². The molecule has 1 saturated carbocycles. The fourth-order valence-electron chi connectivity index (χ4n) is 2.56. The first-order valence-corrected chi connectivity index (χ1v) is 7.63. The Hall–Kier alpha value is -2.55. The molecule has 2 aromatic carbocycles. The summed E-state index contributed by atoms with van der Waals surface area (Å²) in [5.74, 6) is -0.0888. The average Bonchev–Trinajstić information content (AvgIpc) is 3.10. The van der Waals surface area contributed by atoms with Gasteiger partial charge >= 0.3 is 0 Å². The molecule has 1 fully saturated rings. The lowest BCUT2D eigenvalue weighted by molar-refractivity contribution is 0.106. The van der Waals surface area contributed by atoms with Gasteiger partial charge in [0.2, 0.25) is 5.78 Å². The standard InChI is InChI=1S/C19H18N2O/c22-19(16-11-5-2-6-12-16)18(15-9-3-1-4-10-15)21-20-17-13-7-8-14-17/h1-6,9-12H,7-8,13-14H2. The van der Waals surface area contributed by atoms with Gasteiger partial charge in [-0.15, -0.1) is 5.10 Å². The molecule has 3 heteroatoms. The lowest BCUT2D eigenvalue weighted by Crippen LogP contribution is -2.15. The van der Waals surface area contributed by atoms with Crippen LogP contribution in [0.3, 0.4) is 0 Å². The second kappa shape index (κ2) is 6.94. The maximum atomic E-state index is 12.8. The molecule has 0 saturated heterocycles. The Kier molecular flexibility index (Phi) is 4.54. The van der Waals surface area contributed by atoms with E-state index >= 15 is 0 Å². The van der Waals surface area contributed by atoms with Gasteiger partial charge in [0.05, 0.1) is 0 Å². The lowest BCUT2D eigenvalue weighted by Gasteiger charge is -2.05. The number of carbonyl (C=O) groups is 1. The zero-order chi connectivity index (χ0) is 15.2. The molecule has 0 bridgehead atoms. The monoisotopic (exact) mass is 290 g/mol. The van der Waals surface area contributed by atoms with Crippen LogP contribution in [0.1, 0.15) is 41.6 Å². The van der Waals surface area contributed by atoms with Gasteiger partial charge in [0, 0.05) is 16.8 Å². The highest BCUT2D eigenvalue weighted by Gasteiger charge is 2.16. The lowest BCUT2D eigenvalue weighted by atomic mass is 10.0. The largest absolute Gasteiger partial charge is 0.287 e. The maximum Gasteiger partial charge on any atom is 0.213 e. The minimum absolute atomic E-state index is 0.0888. The molecule has 22 heavy (non-hydrogen) atoms. The summed E-state index contributed by atoms with van der Waals surface area (Å²) >= 11 is 0. The van der Waals surface area contributed by atoms with Crippen LogP contribution in [0.15, 0.2) is 70.9 Å².